The number of hydrogen-bond acceptors (Lipinski definition) is 4. The molecular formula is C20H19FN4O3. The van der Waals surface area contributed by atoms with Crippen molar-refractivity contribution in [2.24, 2.45) is 7.05 Å². The number of fused-ring (bicyclic) bond motifs is 1. The average molecular weight is 382 g/mol. The molecule has 7 nitrogen and oxygen atoms in total. The van der Waals surface area contributed by atoms with Crippen LogP contribution in [0.3, 0.4) is 0 Å². The Hall–Kier alpha value is -3.26. The van der Waals surface area contributed by atoms with Crippen LogP contribution >= 0.6 is 0 Å². The van der Waals surface area contributed by atoms with E-state index in [4.69, 9.17) is 4.74 Å². The molecule has 0 aliphatic carbocycles. The smallest absolute Gasteiger partial charge is 0.276 e. The predicted molar refractivity (Wildman–Crippen MR) is 102 cm³/mol. The highest BCUT2D eigenvalue weighted by Crippen LogP contribution is 2.24. The van der Waals surface area contributed by atoms with Crippen LogP contribution < -0.4 is 5.32 Å². The fourth-order valence-electron chi connectivity index (χ4n) is 3.30. The first-order valence-corrected chi connectivity index (χ1v) is 8.94. The lowest BCUT2D eigenvalue weighted by atomic mass is 10.0. The third-order valence-electron chi connectivity index (χ3n) is 4.69. The second-order valence-electron chi connectivity index (χ2n) is 6.56. The van der Waals surface area contributed by atoms with Crippen LogP contribution in [-0.2, 0) is 11.8 Å². The Bertz CT molecular complexity index is 1060. The quantitative estimate of drug-likeness (QED) is 0.755. The summed E-state index contributed by atoms with van der Waals surface area (Å²) in [6.45, 7) is 1.90. The second kappa shape index (κ2) is 7.40. The molecule has 1 aromatic heterocycles. The van der Waals surface area contributed by atoms with Crippen molar-refractivity contribution in [3.05, 3.63) is 59.7 Å². The Morgan fingerprint density at radius 1 is 1.11 bits per heavy atom. The van der Waals surface area contributed by atoms with Crippen LogP contribution in [0.4, 0.5) is 10.1 Å². The lowest BCUT2D eigenvalue weighted by Gasteiger charge is -2.26. The Labute approximate surface area is 160 Å². The maximum atomic E-state index is 14.0. The van der Waals surface area contributed by atoms with Gasteiger partial charge in [-0.05, 0) is 17.5 Å². The third kappa shape index (κ3) is 3.34. The SMILES string of the molecule is Cn1cc(NC(=O)c2ccc(F)c3ccccc23)c(C(=O)N2CCOCC2)n1. The number of halogens is 1. The minimum absolute atomic E-state index is 0.171. The molecule has 0 atom stereocenters. The van der Waals surface area contributed by atoms with Crippen LogP contribution in [0.1, 0.15) is 20.8 Å². The number of carbonyl (C=O) groups excluding carboxylic acids is 2. The number of nitrogens with zero attached hydrogens (tertiary/aromatic N) is 3. The molecule has 2 amide bonds. The van der Waals surface area contributed by atoms with E-state index >= 15 is 0 Å². The summed E-state index contributed by atoms with van der Waals surface area (Å²) >= 11 is 0. The molecule has 2 heterocycles. The first-order valence-electron chi connectivity index (χ1n) is 8.94. The van der Waals surface area contributed by atoms with Gasteiger partial charge in [-0.2, -0.15) is 5.10 Å². The average Bonchev–Trinajstić information content (AvgIpc) is 3.08. The Kier molecular flexibility index (Phi) is 4.79. The molecule has 0 bridgehead atoms. The van der Waals surface area contributed by atoms with Gasteiger partial charge >= 0.3 is 0 Å². The van der Waals surface area contributed by atoms with E-state index in [9.17, 15) is 14.0 Å². The summed E-state index contributed by atoms with van der Waals surface area (Å²) in [5.74, 6) is -1.08. The van der Waals surface area contributed by atoms with E-state index < -0.39 is 11.7 Å². The summed E-state index contributed by atoms with van der Waals surface area (Å²) in [7, 11) is 1.68. The van der Waals surface area contributed by atoms with Gasteiger partial charge in [0.05, 0.1) is 18.9 Å². The summed E-state index contributed by atoms with van der Waals surface area (Å²) in [6.07, 6.45) is 1.58. The molecule has 1 aliphatic heterocycles. The van der Waals surface area contributed by atoms with Crippen molar-refractivity contribution in [3.63, 3.8) is 0 Å². The minimum Gasteiger partial charge on any atom is -0.378 e. The highest BCUT2D eigenvalue weighted by molar-refractivity contribution is 6.14. The molecule has 1 saturated heterocycles. The number of carbonyl (C=O) groups is 2. The lowest BCUT2D eigenvalue weighted by molar-refractivity contribution is 0.0299. The van der Waals surface area contributed by atoms with E-state index in [-0.39, 0.29) is 11.6 Å². The number of ether oxygens (including phenoxy) is 1. The van der Waals surface area contributed by atoms with Gasteiger partial charge in [0.25, 0.3) is 11.8 Å². The van der Waals surface area contributed by atoms with Gasteiger partial charge in [-0.15, -0.1) is 0 Å². The highest BCUT2D eigenvalue weighted by Gasteiger charge is 2.25. The zero-order valence-electron chi connectivity index (χ0n) is 15.3. The van der Waals surface area contributed by atoms with Crippen LogP contribution in [0.25, 0.3) is 10.8 Å². The maximum absolute atomic E-state index is 14.0. The molecule has 3 aromatic rings. The van der Waals surface area contributed by atoms with Gasteiger partial charge in [0.1, 0.15) is 5.82 Å². The van der Waals surface area contributed by atoms with Crippen molar-refractivity contribution in [3.8, 4) is 0 Å². The number of morpholine rings is 1. The number of aryl methyl sites for hydroxylation is 1. The van der Waals surface area contributed by atoms with Crippen LogP contribution in [0, 0.1) is 5.82 Å². The monoisotopic (exact) mass is 382 g/mol. The molecule has 0 unspecified atom stereocenters. The van der Waals surface area contributed by atoms with Gasteiger partial charge in [0.15, 0.2) is 5.69 Å². The summed E-state index contributed by atoms with van der Waals surface area (Å²) < 4.78 is 20.8. The number of anilines is 1. The third-order valence-corrected chi connectivity index (χ3v) is 4.69. The van der Waals surface area contributed by atoms with Crippen molar-refractivity contribution in [2.45, 2.75) is 0 Å². The summed E-state index contributed by atoms with van der Waals surface area (Å²) in [5.41, 5.74) is 0.812. The van der Waals surface area contributed by atoms with Crippen LogP contribution in [0.2, 0.25) is 0 Å². The fraction of sp³-hybridized carbons (Fsp3) is 0.250. The van der Waals surface area contributed by atoms with E-state index in [1.807, 2.05) is 0 Å². The van der Waals surface area contributed by atoms with E-state index in [1.54, 1.807) is 42.4 Å². The molecule has 144 valence electrons. The number of amides is 2. The van der Waals surface area contributed by atoms with Crippen molar-refractivity contribution in [1.29, 1.82) is 0 Å². The van der Waals surface area contributed by atoms with E-state index in [0.717, 1.165) is 0 Å². The number of nitrogens with one attached hydrogen (secondary N) is 1. The molecular weight excluding hydrogens is 363 g/mol. The van der Waals surface area contributed by atoms with E-state index in [1.165, 1.54) is 16.8 Å². The molecule has 0 saturated carbocycles. The van der Waals surface area contributed by atoms with Gasteiger partial charge in [-0.25, -0.2) is 4.39 Å². The topological polar surface area (TPSA) is 76.5 Å². The summed E-state index contributed by atoms with van der Waals surface area (Å²) in [4.78, 5) is 27.3. The Morgan fingerprint density at radius 2 is 1.82 bits per heavy atom. The lowest BCUT2D eigenvalue weighted by Crippen LogP contribution is -2.41. The maximum Gasteiger partial charge on any atom is 0.276 e. The molecule has 1 aliphatic rings. The first-order chi connectivity index (χ1) is 13.5. The van der Waals surface area contributed by atoms with Gasteiger partial charge in [-0.1, -0.05) is 24.3 Å². The summed E-state index contributed by atoms with van der Waals surface area (Å²) in [6, 6.07) is 9.48. The molecule has 4 rings (SSSR count). The Balaban J connectivity index is 1.64. The van der Waals surface area contributed by atoms with Crippen molar-refractivity contribution in [2.75, 3.05) is 31.6 Å². The molecule has 28 heavy (non-hydrogen) atoms. The van der Waals surface area contributed by atoms with Crippen LogP contribution in [-0.4, -0.2) is 52.8 Å². The number of benzene rings is 2. The van der Waals surface area contributed by atoms with Crippen molar-refractivity contribution < 1.29 is 18.7 Å². The second-order valence-corrected chi connectivity index (χ2v) is 6.56. The molecule has 0 spiro atoms. The molecule has 1 fully saturated rings. The minimum atomic E-state index is -0.430. The molecule has 8 heteroatoms. The fourth-order valence-corrected chi connectivity index (χ4v) is 3.30. The highest BCUT2D eigenvalue weighted by atomic mass is 19.1. The zero-order chi connectivity index (χ0) is 19.7. The van der Waals surface area contributed by atoms with Gasteiger partial charge in [-0.3, -0.25) is 14.3 Å². The predicted octanol–water partition coefficient (Wildman–Crippen LogP) is 2.44. The van der Waals surface area contributed by atoms with Gasteiger partial charge in [0.2, 0.25) is 0 Å². The van der Waals surface area contributed by atoms with Crippen molar-refractivity contribution in [1.82, 2.24) is 14.7 Å². The number of hydrogen-bond donors (Lipinski definition) is 1. The number of aromatic nitrogens is 2. The molecule has 2 aromatic carbocycles. The molecule has 1 N–H and O–H groups in total. The summed E-state index contributed by atoms with van der Waals surface area (Å²) in [5, 5.41) is 7.85. The standard InChI is InChI=1S/C20H19FN4O3/c1-24-12-17(18(23-24)20(27)25-8-10-28-11-9-25)22-19(26)15-6-7-16(21)14-5-3-2-4-13(14)15/h2-7,12H,8-11H2,1H3,(H,22,26). The van der Waals surface area contributed by atoms with Crippen molar-refractivity contribution >= 4 is 28.3 Å². The normalized spacial score (nSPS) is 14.3. The zero-order valence-corrected chi connectivity index (χ0v) is 15.3. The van der Waals surface area contributed by atoms with E-state index in [0.29, 0.717) is 48.3 Å². The van der Waals surface area contributed by atoms with Crippen LogP contribution in [0.5, 0.6) is 0 Å². The van der Waals surface area contributed by atoms with E-state index in [2.05, 4.69) is 10.4 Å². The Morgan fingerprint density at radius 3 is 2.57 bits per heavy atom. The van der Waals surface area contributed by atoms with Gasteiger partial charge < -0.3 is 15.0 Å². The molecule has 0 radical (unpaired) electrons. The largest absolute Gasteiger partial charge is 0.378 e. The first kappa shape index (κ1) is 18.1. The van der Waals surface area contributed by atoms with Gasteiger partial charge in [0, 0.05) is 37.3 Å². The number of rotatable bonds is 3. The van der Waals surface area contributed by atoms with Crippen LogP contribution in [0.15, 0.2) is 42.6 Å².